The SMILES string of the molecule is CN(CC(=O)NC1CCOc2ccccc21)S(=O)(=O)c1ccc2c(c1)OCCO2. The summed E-state index contributed by atoms with van der Waals surface area (Å²) in [6.07, 6.45) is 0.626. The zero-order chi connectivity index (χ0) is 20.4. The molecule has 0 aliphatic carbocycles. The molecular formula is C20H22N2O6S. The number of carbonyl (C=O) groups is 1. The predicted octanol–water partition coefficient (Wildman–Crippen LogP) is 1.72. The Balaban J connectivity index is 1.45. The number of ether oxygens (including phenoxy) is 3. The molecule has 2 heterocycles. The number of benzene rings is 2. The Hall–Kier alpha value is -2.78. The summed E-state index contributed by atoms with van der Waals surface area (Å²) >= 11 is 0. The summed E-state index contributed by atoms with van der Waals surface area (Å²) in [5.41, 5.74) is 0.893. The van der Waals surface area contributed by atoms with E-state index in [0.29, 0.717) is 37.7 Å². The Labute approximate surface area is 169 Å². The van der Waals surface area contributed by atoms with E-state index in [4.69, 9.17) is 14.2 Å². The molecule has 0 bridgehead atoms. The third-order valence-electron chi connectivity index (χ3n) is 4.88. The van der Waals surface area contributed by atoms with Gasteiger partial charge in [-0.15, -0.1) is 0 Å². The van der Waals surface area contributed by atoms with E-state index in [-0.39, 0.29) is 23.4 Å². The molecular weight excluding hydrogens is 396 g/mol. The maximum atomic E-state index is 12.9. The van der Waals surface area contributed by atoms with Crippen LogP contribution < -0.4 is 19.5 Å². The first-order valence-corrected chi connectivity index (χ1v) is 10.8. The molecule has 0 saturated carbocycles. The van der Waals surface area contributed by atoms with Gasteiger partial charge in [0.05, 0.1) is 24.1 Å². The van der Waals surface area contributed by atoms with E-state index in [1.807, 2.05) is 24.3 Å². The first-order valence-electron chi connectivity index (χ1n) is 9.32. The summed E-state index contributed by atoms with van der Waals surface area (Å²) < 4.78 is 43.2. The molecule has 1 amide bonds. The number of likely N-dealkylation sites (N-methyl/N-ethyl adjacent to an activating group) is 1. The number of rotatable bonds is 5. The number of para-hydroxylation sites is 1. The molecule has 1 unspecified atom stereocenters. The Morgan fingerprint density at radius 3 is 2.59 bits per heavy atom. The average molecular weight is 418 g/mol. The van der Waals surface area contributed by atoms with Crippen molar-refractivity contribution in [1.29, 1.82) is 0 Å². The molecule has 8 nitrogen and oxygen atoms in total. The molecule has 4 rings (SSSR count). The number of nitrogens with zero attached hydrogens (tertiary/aromatic N) is 1. The molecule has 0 fully saturated rings. The van der Waals surface area contributed by atoms with Gasteiger partial charge in [-0.3, -0.25) is 4.79 Å². The van der Waals surface area contributed by atoms with Crippen LogP contribution in [-0.4, -0.2) is 52.0 Å². The largest absolute Gasteiger partial charge is 0.493 e. The molecule has 0 saturated heterocycles. The van der Waals surface area contributed by atoms with Crippen LogP contribution in [0.2, 0.25) is 0 Å². The van der Waals surface area contributed by atoms with Gasteiger partial charge in [-0.2, -0.15) is 4.31 Å². The zero-order valence-electron chi connectivity index (χ0n) is 16.0. The molecule has 2 aliphatic heterocycles. The van der Waals surface area contributed by atoms with Gasteiger partial charge in [0.25, 0.3) is 0 Å². The molecule has 154 valence electrons. The smallest absolute Gasteiger partial charge is 0.243 e. The molecule has 29 heavy (non-hydrogen) atoms. The first kappa shape index (κ1) is 19.5. The third kappa shape index (κ3) is 4.01. The molecule has 0 aromatic heterocycles. The van der Waals surface area contributed by atoms with Crippen molar-refractivity contribution in [2.45, 2.75) is 17.4 Å². The second-order valence-electron chi connectivity index (χ2n) is 6.86. The van der Waals surface area contributed by atoms with Crippen LogP contribution >= 0.6 is 0 Å². The Bertz CT molecular complexity index is 1020. The third-order valence-corrected chi connectivity index (χ3v) is 6.68. The van der Waals surface area contributed by atoms with E-state index >= 15 is 0 Å². The second kappa shape index (κ2) is 7.92. The average Bonchev–Trinajstić information content (AvgIpc) is 2.73. The van der Waals surface area contributed by atoms with Gasteiger partial charge in [-0.25, -0.2) is 8.42 Å². The van der Waals surface area contributed by atoms with Gasteiger partial charge in [0.2, 0.25) is 15.9 Å². The topological polar surface area (TPSA) is 94.2 Å². The fourth-order valence-electron chi connectivity index (χ4n) is 3.38. The second-order valence-corrected chi connectivity index (χ2v) is 8.91. The van der Waals surface area contributed by atoms with Gasteiger partial charge in [-0.05, 0) is 18.2 Å². The molecule has 1 atom stereocenters. The van der Waals surface area contributed by atoms with Crippen molar-refractivity contribution in [2.24, 2.45) is 0 Å². The number of hydrogen-bond acceptors (Lipinski definition) is 6. The van der Waals surface area contributed by atoms with Crippen molar-refractivity contribution in [3.05, 3.63) is 48.0 Å². The lowest BCUT2D eigenvalue weighted by Gasteiger charge is -2.27. The number of carbonyl (C=O) groups excluding carboxylic acids is 1. The molecule has 2 aromatic carbocycles. The van der Waals surface area contributed by atoms with Crippen LogP contribution in [0.15, 0.2) is 47.4 Å². The van der Waals surface area contributed by atoms with Crippen LogP contribution in [0.4, 0.5) is 0 Å². The summed E-state index contributed by atoms with van der Waals surface area (Å²) in [6.45, 7) is 0.986. The molecule has 1 N–H and O–H groups in total. The van der Waals surface area contributed by atoms with Gasteiger partial charge in [0.1, 0.15) is 19.0 Å². The summed E-state index contributed by atoms with van der Waals surface area (Å²) in [4.78, 5) is 12.6. The highest BCUT2D eigenvalue weighted by Gasteiger charge is 2.27. The highest BCUT2D eigenvalue weighted by atomic mass is 32.2. The maximum absolute atomic E-state index is 12.9. The minimum absolute atomic E-state index is 0.0495. The molecule has 9 heteroatoms. The van der Waals surface area contributed by atoms with Crippen molar-refractivity contribution >= 4 is 15.9 Å². The van der Waals surface area contributed by atoms with Gasteiger partial charge >= 0.3 is 0 Å². The first-order chi connectivity index (χ1) is 13.9. The molecule has 0 spiro atoms. The monoisotopic (exact) mass is 418 g/mol. The maximum Gasteiger partial charge on any atom is 0.243 e. The van der Waals surface area contributed by atoms with E-state index in [9.17, 15) is 13.2 Å². The highest BCUT2D eigenvalue weighted by molar-refractivity contribution is 7.89. The van der Waals surface area contributed by atoms with E-state index in [1.54, 1.807) is 6.07 Å². The number of sulfonamides is 1. The summed E-state index contributed by atoms with van der Waals surface area (Å²) in [5.74, 6) is 1.25. The summed E-state index contributed by atoms with van der Waals surface area (Å²) in [5, 5.41) is 2.91. The number of hydrogen-bond donors (Lipinski definition) is 1. The highest BCUT2D eigenvalue weighted by Crippen LogP contribution is 2.33. The fraction of sp³-hybridized carbons (Fsp3) is 0.350. The fourth-order valence-corrected chi connectivity index (χ4v) is 4.53. The van der Waals surface area contributed by atoms with Gasteiger partial charge < -0.3 is 19.5 Å². The van der Waals surface area contributed by atoms with Gasteiger partial charge in [0, 0.05) is 25.1 Å². The lowest BCUT2D eigenvalue weighted by molar-refractivity contribution is -0.122. The van der Waals surface area contributed by atoms with E-state index in [1.165, 1.54) is 19.2 Å². The van der Waals surface area contributed by atoms with Crippen molar-refractivity contribution in [2.75, 3.05) is 33.4 Å². The minimum Gasteiger partial charge on any atom is -0.493 e. The van der Waals surface area contributed by atoms with E-state index in [0.717, 1.165) is 15.6 Å². The summed E-state index contributed by atoms with van der Waals surface area (Å²) in [7, 11) is -2.48. The molecule has 0 radical (unpaired) electrons. The minimum atomic E-state index is -3.86. The van der Waals surface area contributed by atoms with Gasteiger partial charge in [0.15, 0.2) is 11.5 Å². The number of fused-ring (bicyclic) bond motifs is 2. The Morgan fingerprint density at radius 1 is 1.03 bits per heavy atom. The van der Waals surface area contributed by atoms with Crippen molar-refractivity contribution in [3.8, 4) is 17.2 Å². The number of amides is 1. The van der Waals surface area contributed by atoms with E-state index < -0.39 is 10.0 Å². The van der Waals surface area contributed by atoms with Crippen LogP contribution in [-0.2, 0) is 14.8 Å². The van der Waals surface area contributed by atoms with Gasteiger partial charge in [-0.1, -0.05) is 18.2 Å². The normalized spacial score (nSPS) is 17.9. The van der Waals surface area contributed by atoms with E-state index in [2.05, 4.69) is 5.32 Å². The number of nitrogens with one attached hydrogen (secondary N) is 1. The molecule has 2 aromatic rings. The predicted molar refractivity (Wildman–Crippen MR) is 105 cm³/mol. The quantitative estimate of drug-likeness (QED) is 0.795. The van der Waals surface area contributed by atoms with Crippen LogP contribution in [0, 0.1) is 0 Å². The van der Waals surface area contributed by atoms with Crippen LogP contribution in [0.1, 0.15) is 18.0 Å². The Kier molecular flexibility index (Phi) is 5.33. The standard InChI is InChI=1S/C20H22N2O6S/c1-22(29(24,25)14-6-7-18-19(12-14)28-11-10-27-18)13-20(23)21-16-8-9-26-17-5-3-2-4-15(16)17/h2-7,12,16H,8-11,13H2,1H3,(H,21,23). The lowest BCUT2D eigenvalue weighted by Crippen LogP contribution is -2.40. The van der Waals surface area contributed by atoms with Crippen LogP contribution in [0.3, 0.4) is 0 Å². The van der Waals surface area contributed by atoms with Crippen LogP contribution in [0.5, 0.6) is 17.2 Å². The molecule has 2 aliphatic rings. The Morgan fingerprint density at radius 2 is 1.76 bits per heavy atom. The zero-order valence-corrected chi connectivity index (χ0v) is 16.8. The van der Waals surface area contributed by atoms with Crippen molar-refractivity contribution < 1.29 is 27.4 Å². The summed E-state index contributed by atoms with van der Waals surface area (Å²) in [6, 6.07) is 11.7. The van der Waals surface area contributed by atoms with Crippen molar-refractivity contribution in [1.82, 2.24) is 9.62 Å². The van der Waals surface area contributed by atoms with Crippen LogP contribution in [0.25, 0.3) is 0 Å². The lowest BCUT2D eigenvalue weighted by atomic mass is 10.0. The van der Waals surface area contributed by atoms with Crippen molar-refractivity contribution in [3.63, 3.8) is 0 Å².